The van der Waals surface area contributed by atoms with Gasteiger partial charge in [-0.15, -0.1) is 0 Å². The van der Waals surface area contributed by atoms with Crippen molar-refractivity contribution in [2.24, 2.45) is 11.3 Å². The lowest BCUT2D eigenvalue weighted by Crippen LogP contribution is -2.36. The minimum Gasteiger partial charge on any atom is -0.207 e. The predicted molar refractivity (Wildman–Crippen MR) is 95.9 cm³/mol. The normalized spacial score (nSPS) is 15.3. The van der Waals surface area contributed by atoms with Crippen molar-refractivity contribution in [2.45, 2.75) is 73.6 Å². The molecule has 0 saturated carbocycles. The maximum atomic E-state index is 14.8. The molecular formula is C21H33F. The largest absolute Gasteiger partial charge is 0.207 e. The molecule has 1 unspecified atom stereocenters. The third kappa shape index (κ3) is 3.45. The summed E-state index contributed by atoms with van der Waals surface area (Å²) in [7, 11) is 0. The zero-order chi connectivity index (χ0) is 17.3. The van der Waals surface area contributed by atoms with E-state index in [1.807, 2.05) is 6.07 Å². The minimum absolute atomic E-state index is 0.0163. The van der Waals surface area contributed by atoms with Gasteiger partial charge in [0, 0.05) is 5.92 Å². The van der Waals surface area contributed by atoms with E-state index in [4.69, 9.17) is 0 Å². The van der Waals surface area contributed by atoms with Crippen LogP contribution in [0.4, 0.5) is 4.39 Å². The molecule has 0 amide bonds. The molecule has 0 aliphatic heterocycles. The van der Waals surface area contributed by atoms with Gasteiger partial charge in [0.05, 0.1) is 0 Å². The van der Waals surface area contributed by atoms with E-state index in [2.05, 4.69) is 74.5 Å². The highest BCUT2D eigenvalue weighted by Gasteiger charge is 2.39. The lowest BCUT2D eigenvalue weighted by Gasteiger charge is -2.41. The average Bonchev–Trinajstić information content (AvgIpc) is 2.36. The summed E-state index contributed by atoms with van der Waals surface area (Å²) in [5, 5.41) is 0. The van der Waals surface area contributed by atoms with Crippen molar-refractivity contribution in [1.82, 2.24) is 0 Å². The fourth-order valence-corrected chi connectivity index (χ4v) is 3.20. The predicted octanol–water partition coefficient (Wildman–Crippen LogP) is 6.86. The Morgan fingerprint density at radius 2 is 1.59 bits per heavy atom. The zero-order valence-electron chi connectivity index (χ0n) is 15.8. The van der Waals surface area contributed by atoms with Crippen LogP contribution in [0.25, 0.3) is 0 Å². The first kappa shape index (κ1) is 18.9. The summed E-state index contributed by atoms with van der Waals surface area (Å²) in [4.78, 5) is 0. The van der Waals surface area contributed by atoms with Gasteiger partial charge >= 0.3 is 0 Å². The summed E-state index contributed by atoms with van der Waals surface area (Å²) in [6, 6.07) is 5.54. The van der Waals surface area contributed by atoms with Gasteiger partial charge in [0.1, 0.15) is 5.82 Å². The Morgan fingerprint density at radius 3 is 2.00 bits per heavy atom. The summed E-state index contributed by atoms with van der Waals surface area (Å²) < 4.78 is 14.8. The van der Waals surface area contributed by atoms with E-state index in [9.17, 15) is 4.39 Å². The fourth-order valence-electron chi connectivity index (χ4n) is 3.20. The Morgan fingerprint density at radius 1 is 1.05 bits per heavy atom. The van der Waals surface area contributed by atoms with Gasteiger partial charge in [0.2, 0.25) is 0 Å². The molecular weight excluding hydrogens is 271 g/mol. The second kappa shape index (κ2) is 6.56. The van der Waals surface area contributed by atoms with E-state index in [1.165, 1.54) is 5.57 Å². The number of hydrogen-bond acceptors (Lipinski definition) is 0. The monoisotopic (exact) mass is 304 g/mol. The Kier molecular flexibility index (Phi) is 5.65. The van der Waals surface area contributed by atoms with Crippen LogP contribution in [0.15, 0.2) is 29.8 Å². The Labute approximate surface area is 136 Å². The second-order valence-corrected chi connectivity index (χ2v) is 8.24. The molecule has 0 nitrogen and oxygen atoms in total. The van der Waals surface area contributed by atoms with E-state index in [0.717, 1.165) is 11.1 Å². The van der Waals surface area contributed by atoms with Gasteiger partial charge in [-0.05, 0) is 40.9 Å². The first-order chi connectivity index (χ1) is 9.95. The highest BCUT2D eigenvalue weighted by molar-refractivity contribution is 5.42. The van der Waals surface area contributed by atoms with Crippen LogP contribution in [0.5, 0.6) is 0 Å². The molecule has 0 aliphatic rings. The number of benzene rings is 1. The maximum absolute atomic E-state index is 14.8. The van der Waals surface area contributed by atoms with Crippen molar-refractivity contribution in [2.75, 3.05) is 0 Å². The third-order valence-corrected chi connectivity index (χ3v) is 5.51. The van der Waals surface area contributed by atoms with Crippen LogP contribution >= 0.6 is 0 Å². The molecule has 0 aromatic heterocycles. The van der Waals surface area contributed by atoms with E-state index in [0.29, 0.717) is 5.92 Å². The summed E-state index contributed by atoms with van der Waals surface area (Å²) in [6.07, 6.45) is 2.19. The quantitative estimate of drug-likeness (QED) is 0.533. The van der Waals surface area contributed by atoms with Gasteiger partial charge in [-0.2, -0.15) is 0 Å². The third-order valence-electron chi connectivity index (χ3n) is 5.51. The van der Waals surface area contributed by atoms with Crippen molar-refractivity contribution in [3.05, 3.63) is 46.8 Å². The standard InChI is InChI=1S/C21H33F/c1-10-16(14(2)3)15(4)17-12-11-13-18(22)19(17)21(8,9)20(5,6)7/h10-15H,1-9H3/b16-10+. The molecule has 1 heteroatoms. The van der Waals surface area contributed by atoms with Gasteiger partial charge in [0.25, 0.3) is 0 Å². The van der Waals surface area contributed by atoms with Gasteiger partial charge in [-0.1, -0.05) is 79.2 Å². The van der Waals surface area contributed by atoms with Gasteiger partial charge in [-0.25, -0.2) is 4.39 Å². The SMILES string of the molecule is C/C=C(\C(C)C)C(C)c1cccc(F)c1C(C)(C)C(C)(C)C. The molecule has 0 fully saturated rings. The summed E-state index contributed by atoms with van der Waals surface area (Å²) in [6.45, 7) is 19.6. The molecule has 0 aliphatic carbocycles. The summed E-state index contributed by atoms with van der Waals surface area (Å²) in [5.41, 5.74) is 3.11. The van der Waals surface area contributed by atoms with Crippen molar-refractivity contribution >= 4 is 0 Å². The second-order valence-electron chi connectivity index (χ2n) is 8.24. The van der Waals surface area contributed by atoms with E-state index in [1.54, 1.807) is 6.07 Å². The Bertz CT molecular complexity index is 542. The highest BCUT2D eigenvalue weighted by Crippen LogP contribution is 2.46. The molecule has 0 spiro atoms. The number of halogens is 1. The molecule has 1 atom stereocenters. The van der Waals surface area contributed by atoms with Crippen molar-refractivity contribution in [1.29, 1.82) is 0 Å². The zero-order valence-corrected chi connectivity index (χ0v) is 15.8. The smallest absolute Gasteiger partial charge is 0.127 e. The molecule has 0 saturated heterocycles. The van der Waals surface area contributed by atoms with Crippen LogP contribution in [0, 0.1) is 17.2 Å². The summed E-state index contributed by atoms with van der Waals surface area (Å²) in [5.74, 6) is 0.620. The van der Waals surface area contributed by atoms with Crippen LogP contribution in [0.3, 0.4) is 0 Å². The van der Waals surface area contributed by atoms with Gasteiger partial charge in [-0.3, -0.25) is 0 Å². The maximum Gasteiger partial charge on any atom is 0.127 e. The van der Waals surface area contributed by atoms with E-state index in [-0.39, 0.29) is 22.6 Å². The van der Waals surface area contributed by atoms with E-state index >= 15 is 0 Å². The first-order valence-electron chi connectivity index (χ1n) is 8.40. The van der Waals surface area contributed by atoms with Gasteiger partial charge in [0.15, 0.2) is 0 Å². The van der Waals surface area contributed by atoms with Crippen molar-refractivity contribution in [3.63, 3.8) is 0 Å². The fraction of sp³-hybridized carbons (Fsp3) is 0.619. The molecule has 1 aromatic rings. The lowest BCUT2D eigenvalue weighted by molar-refractivity contribution is 0.217. The molecule has 0 radical (unpaired) electrons. The molecule has 124 valence electrons. The molecule has 0 heterocycles. The molecule has 1 rings (SSSR count). The van der Waals surface area contributed by atoms with E-state index < -0.39 is 0 Å². The number of rotatable bonds is 4. The van der Waals surface area contributed by atoms with Crippen molar-refractivity contribution in [3.8, 4) is 0 Å². The number of hydrogen-bond donors (Lipinski definition) is 0. The summed E-state index contributed by atoms with van der Waals surface area (Å²) >= 11 is 0. The highest BCUT2D eigenvalue weighted by atomic mass is 19.1. The van der Waals surface area contributed by atoms with Gasteiger partial charge < -0.3 is 0 Å². The minimum atomic E-state index is -0.238. The topological polar surface area (TPSA) is 0 Å². The van der Waals surface area contributed by atoms with Crippen LogP contribution < -0.4 is 0 Å². The lowest BCUT2D eigenvalue weighted by atomic mass is 9.63. The molecule has 0 N–H and O–H groups in total. The van der Waals surface area contributed by atoms with Crippen molar-refractivity contribution < 1.29 is 4.39 Å². The van der Waals surface area contributed by atoms with Crippen LogP contribution in [-0.4, -0.2) is 0 Å². The molecule has 0 bridgehead atoms. The molecule has 22 heavy (non-hydrogen) atoms. The van der Waals surface area contributed by atoms with Crippen LogP contribution in [0.1, 0.15) is 79.4 Å². The average molecular weight is 304 g/mol. The van der Waals surface area contributed by atoms with Crippen LogP contribution in [0.2, 0.25) is 0 Å². The Hall–Kier alpha value is -1.11. The van der Waals surface area contributed by atoms with Crippen LogP contribution in [-0.2, 0) is 5.41 Å². The molecule has 1 aromatic carbocycles. The first-order valence-corrected chi connectivity index (χ1v) is 8.40. The Balaban J connectivity index is 3.56. The number of allylic oxidation sites excluding steroid dienone is 2.